The van der Waals surface area contributed by atoms with Crippen LogP contribution in [0.3, 0.4) is 0 Å². The number of halogens is 1. The molecule has 0 aliphatic heterocycles. The highest BCUT2D eigenvalue weighted by atomic mass is 35.5. The summed E-state index contributed by atoms with van der Waals surface area (Å²) in [5, 5.41) is 13.0. The summed E-state index contributed by atoms with van der Waals surface area (Å²) in [6.45, 7) is 0.346. The number of anilines is 1. The van der Waals surface area contributed by atoms with Gasteiger partial charge in [-0.1, -0.05) is 12.1 Å². The minimum atomic E-state index is -0.0117. The number of aromatic hydroxyl groups is 1. The van der Waals surface area contributed by atoms with Gasteiger partial charge >= 0.3 is 0 Å². The van der Waals surface area contributed by atoms with Crippen LogP contribution in [0.2, 0.25) is 0 Å². The van der Waals surface area contributed by atoms with Crippen LogP contribution < -0.4 is 9.61 Å². The van der Waals surface area contributed by atoms with Crippen molar-refractivity contribution < 1.29 is 9.40 Å². The van der Waals surface area contributed by atoms with Crippen molar-refractivity contribution in [3.8, 4) is 11.5 Å². The molecule has 3 N–H and O–H groups in total. The van der Waals surface area contributed by atoms with Crippen molar-refractivity contribution in [1.29, 1.82) is 0 Å². The average Bonchev–Trinajstić information content (AvgIpc) is 2.95. The lowest BCUT2D eigenvalue weighted by Crippen LogP contribution is -2.03. The zero-order valence-electron chi connectivity index (χ0n) is 10.2. The number of aromatic amines is 1. The van der Waals surface area contributed by atoms with Gasteiger partial charge in [0.15, 0.2) is 23.0 Å². The van der Waals surface area contributed by atoms with Gasteiger partial charge in [-0.2, -0.15) is 0 Å². The fourth-order valence-electron chi connectivity index (χ4n) is 1.85. The number of nitrogens with one attached hydrogen (secondary N) is 2. The molecule has 0 amide bonds. The number of phenols is 1. The summed E-state index contributed by atoms with van der Waals surface area (Å²) in [4.78, 5) is 15.2. The number of imidazole rings is 1. The Morgan fingerprint density at radius 3 is 3.05 bits per heavy atom. The molecule has 2 aromatic heterocycles. The third-order valence-corrected chi connectivity index (χ3v) is 3.00. The average molecular weight is 292 g/mol. The second kappa shape index (κ2) is 5.22. The highest BCUT2D eigenvalue weighted by Gasteiger charge is 2.10. The molecule has 20 heavy (non-hydrogen) atoms. The first-order valence-corrected chi connectivity index (χ1v) is 6.08. The molecule has 0 aliphatic carbocycles. The molecule has 0 aliphatic rings. The summed E-state index contributed by atoms with van der Waals surface area (Å²) < 4.78 is 4.55. The highest BCUT2D eigenvalue weighted by Crippen LogP contribution is 2.31. The molecule has 0 atom stereocenters. The normalized spacial score (nSPS) is 10.7. The second-order valence-corrected chi connectivity index (χ2v) is 4.17. The number of H-pyrrole nitrogens is 1. The van der Waals surface area contributed by atoms with Crippen LogP contribution in [0.15, 0.2) is 30.9 Å². The number of benzene rings is 1. The second-order valence-electron chi connectivity index (χ2n) is 4.02. The maximum atomic E-state index is 9.94. The number of hydrogen-bond donors (Lipinski definition) is 3. The minimum Gasteiger partial charge on any atom is -0.504 e. The number of nitrogens with zero attached hydrogens (tertiary/aromatic N) is 3. The van der Waals surface area contributed by atoms with Crippen LogP contribution in [-0.2, 0) is 6.54 Å². The number of rotatable bonds is 4. The fraction of sp³-hybridized carbons (Fsp3) is 0.0833. The maximum absolute atomic E-state index is 9.94. The van der Waals surface area contributed by atoms with Gasteiger partial charge in [0.2, 0.25) is 0 Å². The predicted molar refractivity (Wildman–Crippen MR) is 73.6 cm³/mol. The molecule has 8 heteroatoms. The Balaban J connectivity index is 1.85. The summed E-state index contributed by atoms with van der Waals surface area (Å²) in [5.74, 6) is 0.772. The molecule has 0 unspecified atom stereocenters. The third kappa shape index (κ3) is 2.19. The van der Waals surface area contributed by atoms with Gasteiger partial charge in [0.1, 0.15) is 23.7 Å². The Kier molecular flexibility index (Phi) is 3.26. The molecular weight excluding hydrogens is 282 g/mol. The molecule has 2 heterocycles. The predicted octanol–water partition coefficient (Wildman–Crippen LogP) is 2.20. The van der Waals surface area contributed by atoms with E-state index in [1.807, 2.05) is 0 Å². The molecule has 3 aromatic rings. The maximum Gasteiger partial charge on any atom is 0.188 e. The molecule has 0 bridgehead atoms. The SMILES string of the molecule is Oc1c(CNc2ncnc3[nH]cnc23)cccc1OCl. The molecule has 0 spiro atoms. The Labute approximate surface area is 118 Å². The fourth-order valence-corrected chi connectivity index (χ4v) is 1.97. The summed E-state index contributed by atoms with van der Waals surface area (Å²) in [7, 11) is 0. The van der Waals surface area contributed by atoms with E-state index in [9.17, 15) is 5.11 Å². The number of phenolic OH excluding ortho intramolecular Hbond substituents is 1. The van der Waals surface area contributed by atoms with E-state index in [-0.39, 0.29) is 11.5 Å². The molecule has 102 valence electrons. The van der Waals surface area contributed by atoms with Crippen LogP contribution in [0.4, 0.5) is 5.82 Å². The minimum absolute atomic E-state index is 0.0117. The van der Waals surface area contributed by atoms with Gasteiger partial charge in [0, 0.05) is 12.1 Å². The van der Waals surface area contributed by atoms with Gasteiger partial charge in [-0.15, -0.1) is 0 Å². The molecule has 0 fully saturated rings. The molecular formula is C12H10ClN5O2. The van der Waals surface area contributed by atoms with Crippen LogP contribution in [0.1, 0.15) is 5.56 Å². The van der Waals surface area contributed by atoms with Crippen LogP contribution in [0, 0.1) is 0 Å². The molecule has 0 saturated carbocycles. The third-order valence-electron chi connectivity index (χ3n) is 2.83. The first-order chi connectivity index (χ1) is 9.79. The number of aromatic nitrogens is 4. The Morgan fingerprint density at radius 1 is 1.30 bits per heavy atom. The van der Waals surface area contributed by atoms with Crippen molar-refractivity contribution in [2.75, 3.05) is 5.32 Å². The number of fused-ring (bicyclic) bond motifs is 1. The van der Waals surface area contributed by atoms with Gasteiger partial charge in [0.25, 0.3) is 0 Å². The Bertz CT molecular complexity index is 746. The van der Waals surface area contributed by atoms with E-state index in [0.717, 1.165) is 0 Å². The number of hydrogen-bond acceptors (Lipinski definition) is 6. The zero-order chi connectivity index (χ0) is 13.9. The lowest BCUT2D eigenvalue weighted by Gasteiger charge is -2.09. The summed E-state index contributed by atoms with van der Waals surface area (Å²) in [6, 6.07) is 5.06. The quantitative estimate of drug-likeness (QED) is 0.682. The van der Waals surface area contributed by atoms with Crippen LogP contribution >= 0.6 is 11.9 Å². The largest absolute Gasteiger partial charge is 0.504 e. The van der Waals surface area contributed by atoms with E-state index in [0.29, 0.717) is 29.1 Å². The van der Waals surface area contributed by atoms with E-state index >= 15 is 0 Å². The van der Waals surface area contributed by atoms with Gasteiger partial charge in [-0.05, 0) is 6.07 Å². The van der Waals surface area contributed by atoms with Gasteiger partial charge in [0.05, 0.1) is 6.33 Å². The molecule has 7 nitrogen and oxygen atoms in total. The first kappa shape index (κ1) is 12.5. The lowest BCUT2D eigenvalue weighted by atomic mass is 10.2. The lowest BCUT2D eigenvalue weighted by molar-refractivity contribution is 0.441. The molecule has 1 aromatic carbocycles. The summed E-state index contributed by atoms with van der Waals surface area (Å²) in [5.41, 5.74) is 1.91. The standard InChI is InChI=1S/C12H10ClN5O2/c13-20-8-3-1-2-7(10(8)19)4-14-11-9-12(16-5-15-9)18-6-17-11/h1-3,5-6,19H,4H2,(H2,14,15,16,17,18). The molecule has 0 radical (unpaired) electrons. The van der Waals surface area contributed by atoms with Crippen LogP contribution in [-0.4, -0.2) is 25.0 Å². The zero-order valence-corrected chi connectivity index (χ0v) is 10.9. The Morgan fingerprint density at radius 2 is 2.20 bits per heavy atom. The van der Waals surface area contributed by atoms with Crippen LogP contribution in [0.25, 0.3) is 11.2 Å². The van der Waals surface area contributed by atoms with Crippen molar-refractivity contribution in [2.24, 2.45) is 0 Å². The van der Waals surface area contributed by atoms with Crippen molar-refractivity contribution in [3.05, 3.63) is 36.4 Å². The summed E-state index contributed by atoms with van der Waals surface area (Å²) >= 11 is 5.27. The number of para-hydroxylation sites is 1. The smallest absolute Gasteiger partial charge is 0.188 e. The molecule has 3 rings (SSSR count). The van der Waals surface area contributed by atoms with E-state index < -0.39 is 0 Å². The van der Waals surface area contributed by atoms with Gasteiger partial charge < -0.3 is 19.7 Å². The Hall–Kier alpha value is -2.54. The first-order valence-electron chi connectivity index (χ1n) is 5.77. The highest BCUT2D eigenvalue weighted by molar-refractivity contribution is 6.09. The molecule has 0 saturated heterocycles. The van der Waals surface area contributed by atoms with Crippen molar-refractivity contribution in [2.45, 2.75) is 6.54 Å². The van der Waals surface area contributed by atoms with Crippen molar-refractivity contribution in [3.63, 3.8) is 0 Å². The van der Waals surface area contributed by atoms with Crippen LogP contribution in [0.5, 0.6) is 11.5 Å². The summed E-state index contributed by atoms with van der Waals surface area (Å²) in [6.07, 6.45) is 2.98. The van der Waals surface area contributed by atoms with E-state index in [2.05, 4.69) is 29.5 Å². The van der Waals surface area contributed by atoms with Crippen molar-refractivity contribution >= 4 is 28.8 Å². The van der Waals surface area contributed by atoms with Crippen molar-refractivity contribution in [1.82, 2.24) is 19.9 Å². The monoisotopic (exact) mass is 291 g/mol. The van der Waals surface area contributed by atoms with Gasteiger partial charge in [-0.3, -0.25) is 0 Å². The topological polar surface area (TPSA) is 96.0 Å². The van der Waals surface area contributed by atoms with Gasteiger partial charge in [-0.25, -0.2) is 15.0 Å². The van der Waals surface area contributed by atoms with E-state index in [1.54, 1.807) is 24.5 Å². The van der Waals surface area contributed by atoms with E-state index in [4.69, 9.17) is 11.9 Å². The van der Waals surface area contributed by atoms with E-state index in [1.165, 1.54) is 6.33 Å².